The summed E-state index contributed by atoms with van der Waals surface area (Å²) in [5.41, 5.74) is 6.87. The maximum Gasteiger partial charge on any atom is 0.351 e. The van der Waals surface area contributed by atoms with Crippen molar-refractivity contribution < 1.29 is 14.3 Å². The lowest BCUT2D eigenvalue weighted by molar-refractivity contribution is 0.0603. The molecule has 0 spiro atoms. The number of carbonyl (C=O) groups excluding carboxylic acids is 1. The van der Waals surface area contributed by atoms with Crippen LogP contribution in [0.25, 0.3) is 0 Å². The molecule has 2 rings (SSSR count). The molecule has 1 fully saturated rings. The molecule has 1 aliphatic carbocycles. The van der Waals surface area contributed by atoms with E-state index < -0.39 is 0 Å². The molecule has 1 aliphatic rings. The smallest absolute Gasteiger partial charge is 0.351 e. The number of rotatable bonds is 3. The van der Waals surface area contributed by atoms with Gasteiger partial charge >= 0.3 is 5.97 Å². The highest BCUT2D eigenvalue weighted by molar-refractivity contribution is 7.15. The minimum absolute atomic E-state index is 0.367. The third-order valence-electron chi connectivity index (χ3n) is 4.38. The highest BCUT2D eigenvalue weighted by Crippen LogP contribution is 2.46. The first-order valence-electron chi connectivity index (χ1n) is 7.62. The summed E-state index contributed by atoms with van der Waals surface area (Å²) in [7, 11) is 2.93. The summed E-state index contributed by atoms with van der Waals surface area (Å²) in [5.74, 6) is 1.33. The SMILES string of the molecule is COC(=O)c1sc(C2CCCCC(C)CC2)c(N)c1OC. The van der Waals surface area contributed by atoms with Gasteiger partial charge in [0.25, 0.3) is 0 Å². The lowest BCUT2D eigenvalue weighted by atomic mass is 9.85. The molecule has 5 heteroatoms. The third-order valence-corrected chi connectivity index (χ3v) is 5.71. The van der Waals surface area contributed by atoms with Crippen molar-refractivity contribution in [2.24, 2.45) is 5.92 Å². The van der Waals surface area contributed by atoms with E-state index in [1.54, 1.807) is 7.11 Å². The Hall–Kier alpha value is -1.23. The molecule has 21 heavy (non-hydrogen) atoms. The first-order chi connectivity index (χ1) is 10.1. The number of ether oxygens (including phenoxy) is 2. The first kappa shape index (κ1) is 16.1. The van der Waals surface area contributed by atoms with Gasteiger partial charge in [-0.05, 0) is 24.7 Å². The van der Waals surface area contributed by atoms with Gasteiger partial charge < -0.3 is 15.2 Å². The second kappa shape index (κ2) is 7.16. The average Bonchev–Trinajstić information content (AvgIpc) is 2.79. The topological polar surface area (TPSA) is 61.5 Å². The van der Waals surface area contributed by atoms with Gasteiger partial charge in [0.05, 0.1) is 19.9 Å². The van der Waals surface area contributed by atoms with Crippen molar-refractivity contribution in [2.45, 2.75) is 51.4 Å². The quantitative estimate of drug-likeness (QED) is 0.850. The zero-order valence-electron chi connectivity index (χ0n) is 13.1. The van der Waals surface area contributed by atoms with Crippen LogP contribution in [0.4, 0.5) is 5.69 Å². The Labute approximate surface area is 130 Å². The van der Waals surface area contributed by atoms with Gasteiger partial charge in [0, 0.05) is 4.88 Å². The fourth-order valence-corrected chi connectivity index (χ4v) is 4.38. The molecular weight excluding hydrogens is 286 g/mol. The van der Waals surface area contributed by atoms with Gasteiger partial charge in [-0.15, -0.1) is 11.3 Å². The summed E-state index contributed by atoms with van der Waals surface area (Å²) in [4.78, 5) is 13.5. The van der Waals surface area contributed by atoms with Crippen LogP contribution in [-0.4, -0.2) is 20.2 Å². The van der Waals surface area contributed by atoms with Crippen molar-refractivity contribution in [3.63, 3.8) is 0 Å². The molecule has 118 valence electrons. The zero-order chi connectivity index (χ0) is 15.4. The number of carbonyl (C=O) groups is 1. The summed E-state index contributed by atoms with van der Waals surface area (Å²) in [6.45, 7) is 2.32. The molecule has 1 aromatic rings. The van der Waals surface area contributed by atoms with Crippen LogP contribution >= 0.6 is 11.3 Å². The van der Waals surface area contributed by atoms with Crippen molar-refractivity contribution in [3.8, 4) is 5.75 Å². The number of nitrogen functional groups attached to an aromatic ring is 1. The minimum Gasteiger partial charge on any atom is -0.493 e. The lowest BCUT2D eigenvalue weighted by Gasteiger charge is -2.22. The summed E-state index contributed by atoms with van der Waals surface area (Å²) in [6, 6.07) is 0. The second-order valence-electron chi connectivity index (χ2n) is 5.90. The summed E-state index contributed by atoms with van der Waals surface area (Å²) in [5, 5.41) is 0. The standard InChI is InChI=1S/C16H25NO3S/c1-10-6-4-5-7-11(9-8-10)14-12(17)13(19-2)15(21-14)16(18)20-3/h10-11H,4-9,17H2,1-3H3. The van der Waals surface area contributed by atoms with Crippen LogP contribution in [0.2, 0.25) is 0 Å². The number of thiophene rings is 1. The molecule has 0 saturated heterocycles. The van der Waals surface area contributed by atoms with Crippen molar-refractivity contribution in [2.75, 3.05) is 20.0 Å². The Morgan fingerprint density at radius 1 is 1.19 bits per heavy atom. The highest BCUT2D eigenvalue weighted by Gasteiger charge is 2.27. The molecular formula is C16H25NO3S. The number of methoxy groups -OCH3 is 2. The Morgan fingerprint density at radius 2 is 1.90 bits per heavy atom. The Balaban J connectivity index is 2.29. The van der Waals surface area contributed by atoms with Gasteiger partial charge in [-0.1, -0.05) is 32.6 Å². The largest absolute Gasteiger partial charge is 0.493 e. The Kier molecular flexibility index (Phi) is 5.51. The predicted molar refractivity (Wildman–Crippen MR) is 86.2 cm³/mol. The predicted octanol–water partition coefficient (Wildman–Crippen LogP) is 4.20. The van der Waals surface area contributed by atoms with E-state index in [2.05, 4.69) is 6.92 Å². The molecule has 1 saturated carbocycles. The second-order valence-corrected chi connectivity index (χ2v) is 6.95. The van der Waals surface area contributed by atoms with Crippen molar-refractivity contribution in [1.29, 1.82) is 0 Å². The van der Waals surface area contributed by atoms with E-state index in [1.165, 1.54) is 44.1 Å². The van der Waals surface area contributed by atoms with Gasteiger partial charge in [-0.25, -0.2) is 4.79 Å². The molecule has 4 nitrogen and oxygen atoms in total. The molecule has 1 heterocycles. The van der Waals surface area contributed by atoms with Gasteiger partial charge in [0.15, 0.2) is 10.6 Å². The van der Waals surface area contributed by atoms with E-state index in [0.29, 0.717) is 22.2 Å². The third kappa shape index (κ3) is 3.51. The van der Waals surface area contributed by atoms with Crippen LogP contribution < -0.4 is 10.5 Å². The molecule has 2 unspecified atom stereocenters. The van der Waals surface area contributed by atoms with Crippen LogP contribution in [0, 0.1) is 5.92 Å². The van der Waals surface area contributed by atoms with E-state index in [-0.39, 0.29) is 5.97 Å². The van der Waals surface area contributed by atoms with E-state index in [4.69, 9.17) is 15.2 Å². The van der Waals surface area contributed by atoms with E-state index in [9.17, 15) is 4.79 Å². The fraction of sp³-hybridized carbons (Fsp3) is 0.688. The fourth-order valence-electron chi connectivity index (χ4n) is 3.10. The van der Waals surface area contributed by atoms with Crippen LogP contribution in [0.1, 0.15) is 65.9 Å². The monoisotopic (exact) mass is 311 g/mol. The van der Waals surface area contributed by atoms with Crippen LogP contribution in [0.3, 0.4) is 0 Å². The van der Waals surface area contributed by atoms with Crippen LogP contribution in [0.15, 0.2) is 0 Å². The summed E-state index contributed by atoms with van der Waals surface area (Å²) >= 11 is 1.44. The van der Waals surface area contributed by atoms with Gasteiger partial charge in [0.2, 0.25) is 0 Å². The summed E-state index contributed by atoms with van der Waals surface area (Å²) in [6.07, 6.45) is 7.32. The van der Waals surface area contributed by atoms with Crippen LogP contribution in [0.5, 0.6) is 5.75 Å². The molecule has 2 atom stereocenters. The molecule has 2 N–H and O–H groups in total. The zero-order valence-corrected chi connectivity index (χ0v) is 13.9. The van der Waals surface area contributed by atoms with Crippen molar-refractivity contribution in [3.05, 3.63) is 9.75 Å². The minimum atomic E-state index is -0.367. The van der Waals surface area contributed by atoms with Crippen molar-refractivity contribution >= 4 is 23.0 Å². The molecule has 0 radical (unpaired) electrons. The normalized spacial score (nSPS) is 23.2. The molecule has 0 aliphatic heterocycles. The maximum atomic E-state index is 11.9. The molecule has 0 bridgehead atoms. The Morgan fingerprint density at radius 3 is 2.57 bits per heavy atom. The van der Waals surface area contributed by atoms with Crippen molar-refractivity contribution in [1.82, 2.24) is 0 Å². The first-order valence-corrected chi connectivity index (χ1v) is 8.44. The number of hydrogen-bond donors (Lipinski definition) is 1. The Bertz CT molecular complexity index is 498. The van der Waals surface area contributed by atoms with Crippen LogP contribution in [-0.2, 0) is 4.74 Å². The van der Waals surface area contributed by atoms with E-state index in [0.717, 1.165) is 23.6 Å². The van der Waals surface area contributed by atoms with E-state index >= 15 is 0 Å². The number of hydrogen-bond acceptors (Lipinski definition) is 5. The van der Waals surface area contributed by atoms with Gasteiger partial charge in [-0.3, -0.25) is 0 Å². The van der Waals surface area contributed by atoms with Gasteiger partial charge in [-0.2, -0.15) is 0 Å². The number of esters is 1. The van der Waals surface area contributed by atoms with E-state index in [1.807, 2.05) is 0 Å². The lowest BCUT2D eigenvalue weighted by Crippen LogP contribution is -2.07. The average molecular weight is 311 g/mol. The maximum absolute atomic E-state index is 11.9. The molecule has 1 aromatic heterocycles. The molecule has 0 amide bonds. The number of anilines is 1. The molecule has 0 aromatic carbocycles. The number of nitrogens with two attached hydrogens (primary N) is 1. The highest BCUT2D eigenvalue weighted by atomic mass is 32.1. The van der Waals surface area contributed by atoms with Gasteiger partial charge in [0.1, 0.15) is 0 Å². The summed E-state index contributed by atoms with van der Waals surface area (Å²) < 4.78 is 10.2.